The Morgan fingerprint density at radius 3 is 2.74 bits per heavy atom. The molecule has 0 aliphatic heterocycles. The highest BCUT2D eigenvalue weighted by molar-refractivity contribution is 7.17. The van der Waals surface area contributed by atoms with E-state index in [1.807, 2.05) is 11.3 Å². The van der Waals surface area contributed by atoms with E-state index in [1.165, 1.54) is 28.5 Å². The van der Waals surface area contributed by atoms with E-state index in [1.54, 1.807) is 0 Å². The minimum absolute atomic E-state index is 0.724. The number of thiophene rings is 1. The van der Waals surface area contributed by atoms with Crippen molar-refractivity contribution in [2.75, 3.05) is 13.1 Å². The molecule has 1 aromatic heterocycles. The van der Waals surface area contributed by atoms with Gasteiger partial charge in [0.05, 0.1) is 0 Å². The Morgan fingerprint density at radius 2 is 1.95 bits per heavy atom. The summed E-state index contributed by atoms with van der Waals surface area (Å²) in [6, 6.07) is 8.76. The first-order valence-electron chi connectivity index (χ1n) is 7.38. The van der Waals surface area contributed by atoms with E-state index in [4.69, 9.17) is 0 Å². The van der Waals surface area contributed by atoms with Gasteiger partial charge in [-0.2, -0.15) is 0 Å². The van der Waals surface area contributed by atoms with Crippen molar-refractivity contribution >= 4 is 21.4 Å². The van der Waals surface area contributed by atoms with Gasteiger partial charge in [-0.15, -0.1) is 11.3 Å². The molecule has 19 heavy (non-hydrogen) atoms. The van der Waals surface area contributed by atoms with E-state index in [-0.39, 0.29) is 0 Å². The summed E-state index contributed by atoms with van der Waals surface area (Å²) in [5.74, 6) is 1.45. The van der Waals surface area contributed by atoms with Crippen molar-refractivity contribution in [2.45, 2.75) is 33.6 Å². The number of rotatable bonds is 7. The molecule has 0 saturated carbocycles. The number of hydrogen-bond donors (Lipinski definition) is 1. The van der Waals surface area contributed by atoms with Crippen LogP contribution in [0.25, 0.3) is 10.1 Å². The molecule has 0 saturated heterocycles. The third-order valence-corrected chi connectivity index (χ3v) is 4.98. The highest BCUT2D eigenvalue weighted by atomic mass is 32.1. The van der Waals surface area contributed by atoms with Crippen LogP contribution in [-0.2, 0) is 6.42 Å². The predicted octanol–water partition coefficient (Wildman–Crippen LogP) is 4.72. The van der Waals surface area contributed by atoms with Crippen LogP contribution >= 0.6 is 11.3 Å². The third kappa shape index (κ3) is 3.80. The third-order valence-electron chi connectivity index (χ3n) is 3.97. The maximum absolute atomic E-state index is 3.54. The molecule has 0 spiro atoms. The molecule has 2 atom stereocenters. The van der Waals surface area contributed by atoms with Gasteiger partial charge < -0.3 is 5.32 Å². The van der Waals surface area contributed by atoms with Crippen LogP contribution in [0.1, 0.15) is 32.8 Å². The number of hydrogen-bond acceptors (Lipinski definition) is 2. The topological polar surface area (TPSA) is 12.0 Å². The lowest BCUT2D eigenvalue weighted by atomic mass is 9.89. The van der Waals surface area contributed by atoms with Crippen molar-refractivity contribution in [1.82, 2.24) is 5.32 Å². The Bertz CT molecular complexity index is 503. The van der Waals surface area contributed by atoms with E-state index in [0.717, 1.165) is 24.9 Å². The summed E-state index contributed by atoms with van der Waals surface area (Å²) < 4.78 is 1.42. The van der Waals surface area contributed by atoms with Gasteiger partial charge in [0.25, 0.3) is 0 Å². The fourth-order valence-corrected chi connectivity index (χ4v) is 3.42. The largest absolute Gasteiger partial charge is 0.316 e. The lowest BCUT2D eigenvalue weighted by molar-refractivity contribution is 0.366. The number of nitrogens with one attached hydrogen (secondary N) is 1. The molecular weight excluding hydrogens is 250 g/mol. The Balaban J connectivity index is 1.96. The molecule has 0 radical (unpaired) electrons. The van der Waals surface area contributed by atoms with Crippen molar-refractivity contribution in [3.05, 3.63) is 35.2 Å². The summed E-state index contributed by atoms with van der Waals surface area (Å²) in [5.41, 5.74) is 1.52. The first-order chi connectivity index (χ1) is 9.22. The SMILES string of the molecule is CCCNCC(C)C(C)Cc1csc2ccccc12. The molecule has 1 N–H and O–H groups in total. The minimum atomic E-state index is 0.724. The van der Waals surface area contributed by atoms with E-state index >= 15 is 0 Å². The smallest absolute Gasteiger partial charge is 0.0345 e. The summed E-state index contributed by atoms with van der Waals surface area (Å²) in [5, 5.41) is 7.33. The van der Waals surface area contributed by atoms with Crippen LogP contribution in [0.4, 0.5) is 0 Å². The fourth-order valence-electron chi connectivity index (χ4n) is 2.45. The van der Waals surface area contributed by atoms with Gasteiger partial charge in [0.2, 0.25) is 0 Å². The van der Waals surface area contributed by atoms with E-state index in [9.17, 15) is 0 Å². The number of benzene rings is 1. The molecule has 0 aliphatic carbocycles. The standard InChI is InChI=1S/C17H25NS/c1-4-9-18-11-14(3)13(2)10-15-12-19-17-8-6-5-7-16(15)17/h5-8,12-14,18H,4,9-11H2,1-3H3. The molecule has 104 valence electrons. The predicted molar refractivity (Wildman–Crippen MR) is 87.0 cm³/mol. The molecule has 0 fully saturated rings. The molecule has 2 aromatic rings. The molecular formula is C17H25NS. The van der Waals surface area contributed by atoms with Gasteiger partial charge in [-0.1, -0.05) is 39.0 Å². The van der Waals surface area contributed by atoms with Crippen molar-refractivity contribution in [3.8, 4) is 0 Å². The Kier molecular flexibility index (Phi) is 5.41. The Labute approximate surface area is 121 Å². The van der Waals surface area contributed by atoms with Gasteiger partial charge in [0.1, 0.15) is 0 Å². The average Bonchev–Trinajstić information content (AvgIpc) is 2.82. The van der Waals surface area contributed by atoms with Gasteiger partial charge >= 0.3 is 0 Å². The molecule has 1 aromatic carbocycles. The van der Waals surface area contributed by atoms with Crippen LogP contribution in [0.2, 0.25) is 0 Å². The molecule has 2 rings (SSSR count). The monoisotopic (exact) mass is 275 g/mol. The summed E-state index contributed by atoms with van der Waals surface area (Å²) in [4.78, 5) is 0. The van der Waals surface area contributed by atoms with Gasteiger partial charge in [0, 0.05) is 4.70 Å². The van der Waals surface area contributed by atoms with Crippen molar-refractivity contribution < 1.29 is 0 Å². The Morgan fingerprint density at radius 1 is 1.16 bits per heavy atom. The highest BCUT2D eigenvalue weighted by Gasteiger charge is 2.14. The van der Waals surface area contributed by atoms with Crippen LogP contribution in [0.5, 0.6) is 0 Å². The van der Waals surface area contributed by atoms with Gasteiger partial charge in [-0.05, 0) is 60.2 Å². The zero-order valence-corrected chi connectivity index (χ0v) is 13.1. The second-order valence-electron chi connectivity index (χ2n) is 5.62. The van der Waals surface area contributed by atoms with Crippen LogP contribution in [0.3, 0.4) is 0 Å². The molecule has 1 nitrogen and oxygen atoms in total. The zero-order chi connectivity index (χ0) is 13.7. The van der Waals surface area contributed by atoms with Crippen molar-refractivity contribution in [2.24, 2.45) is 11.8 Å². The van der Waals surface area contributed by atoms with E-state index in [2.05, 4.69) is 55.7 Å². The molecule has 1 heterocycles. The second-order valence-corrected chi connectivity index (χ2v) is 6.53. The van der Waals surface area contributed by atoms with E-state index < -0.39 is 0 Å². The molecule has 2 unspecified atom stereocenters. The molecule has 0 aliphatic rings. The lowest BCUT2D eigenvalue weighted by Gasteiger charge is -2.20. The highest BCUT2D eigenvalue weighted by Crippen LogP contribution is 2.29. The van der Waals surface area contributed by atoms with Crippen LogP contribution in [0.15, 0.2) is 29.6 Å². The first-order valence-corrected chi connectivity index (χ1v) is 8.26. The zero-order valence-electron chi connectivity index (χ0n) is 12.3. The Hall–Kier alpha value is -0.860. The minimum Gasteiger partial charge on any atom is -0.316 e. The lowest BCUT2D eigenvalue weighted by Crippen LogP contribution is -2.26. The van der Waals surface area contributed by atoms with Crippen LogP contribution in [-0.4, -0.2) is 13.1 Å². The van der Waals surface area contributed by atoms with Gasteiger partial charge in [0.15, 0.2) is 0 Å². The summed E-state index contributed by atoms with van der Waals surface area (Å²) >= 11 is 1.87. The first kappa shape index (κ1) is 14.5. The maximum atomic E-state index is 3.54. The van der Waals surface area contributed by atoms with Crippen molar-refractivity contribution in [3.63, 3.8) is 0 Å². The van der Waals surface area contributed by atoms with Gasteiger partial charge in [-0.3, -0.25) is 0 Å². The van der Waals surface area contributed by atoms with Gasteiger partial charge in [-0.25, -0.2) is 0 Å². The molecule has 0 bridgehead atoms. The quantitative estimate of drug-likeness (QED) is 0.721. The summed E-state index contributed by atoms with van der Waals surface area (Å²) in [7, 11) is 0. The fraction of sp³-hybridized carbons (Fsp3) is 0.529. The second kappa shape index (κ2) is 7.06. The average molecular weight is 275 g/mol. The maximum Gasteiger partial charge on any atom is 0.0345 e. The molecule has 0 amide bonds. The van der Waals surface area contributed by atoms with Crippen molar-refractivity contribution in [1.29, 1.82) is 0 Å². The number of fused-ring (bicyclic) bond motifs is 1. The van der Waals surface area contributed by atoms with E-state index in [0.29, 0.717) is 0 Å². The van der Waals surface area contributed by atoms with Crippen LogP contribution < -0.4 is 5.32 Å². The summed E-state index contributed by atoms with van der Waals surface area (Å²) in [6.45, 7) is 9.24. The summed E-state index contributed by atoms with van der Waals surface area (Å²) in [6.07, 6.45) is 2.41. The molecule has 2 heteroatoms. The van der Waals surface area contributed by atoms with Crippen LogP contribution in [0, 0.1) is 11.8 Å². The normalized spacial score (nSPS) is 14.7.